The molecule has 128 valence electrons. The van der Waals surface area contributed by atoms with Crippen molar-refractivity contribution >= 4 is 12.1 Å². The molecule has 2 atom stereocenters. The van der Waals surface area contributed by atoms with Crippen LogP contribution in [0.25, 0.3) is 0 Å². The molecule has 6 heteroatoms. The summed E-state index contributed by atoms with van der Waals surface area (Å²) >= 11 is 0. The van der Waals surface area contributed by atoms with Gasteiger partial charge in [0.05, 0.1) is 0 Å². The number of aliphatic carboxylic acids is 1. The van der Waals surface area contributed by atoms with Crippen molar-refractivity contribution in [2.75, 3.05) is 19.6 Å². The smallest absolute Gasteiger partial charge is 0.411 e. The summed E-state index contributed by atoms with van der Waals surface area (Å²) in [5.41, 5.74) is -1.82. The molecule has 0 bridgehead atoms. The van der Waals surface area contributed by atoms with Crippen LogP contribution in [-0.4, -0.2) is 52.8 Å². The van der Waals surface area contributed by atoms with Crippen molar-refractivity contribution in [3.05, 3.63) is 0 Å². The largest absolute Gasteiger partial charge is 0.479 e. The van der Waals surface area contributed by atoms with E-state index in [0.29, 0.717) is 38.9 Å². The topological polar surface area (TPSA) is 78.9 Å². The van der Waals surface area contributed by atoms with Gasteiger partial charge < -0.3 is 15.2 Å². The van der Waals surface area contributed by atoms with Crippen LogP contribution >= 0.6 is 0 Å². The Morgan fingerprint density at radius 1 is 1.36 bits per heavy atom. The van der Waals surface area contributed by atoms with E-state index < -0.39 is 23.2 Å². The Balaban J connectivity index is 3.21. The maximum absolute atomic E-state index is 12.6. The number of carbonyl (C=O) groups is 2. The monoisotopic (exact) mass is 314 g/mol. The molecule has 6 nitrogen and oxygen atoms in total. The van der Waals surface area contributed by atoms with Gasteiger partial charge in [-0.3, -0.25) is 4.90 Å². The Labute approximate surface area is 133 Å². The van der Waals surface area contributed by atoms with Crippen molar-refractivity contribution in [1.29, 1.82) is 0 Å². The van der Waals surface area contributed by atoms with E-state index in [2.05, 4.69) is 5.32 Å². The number of nitrogens with one attached hydrogen (secondary N) is 1. The molecule has 1 saturated heterocycles. The second-order valence-electron chi connectivity index (χ2n) is 6.92. The van der Waals surface area contributed by atoms with Gasteiger partial charge in [-0.15, -0.1) is 0 Å². The van der Waals surface area contributed by atoms with E-state index in [0.717, 1.165) is 0 Å². The van der Waals surface area contributed by atoms with Gasteiger partial charge >= 0.3 is 12.1 Å². The average molecular weight is 314 g/mol. The van der Waals surface area contributed by atoms with Crippen LogP contribution in [0.5, 0.6) is 0 Å². The molecule has 22 heavy (non-hydrogen) atoms. The molecule has 1 rings (SSSR count). The van der Waals surface area contributed by atoms with E-state index >= 15 is 0 Å². The Kier molecular flexibility index (Phi) is 6.23. The predicted octanol–water partition coefficient (Wildman–Crippen LogP) is 2.48. The molecule has 0 spiro atoms. The van der Waals surface area contributed by atoms with Crippen LogP contribution in [0.1, 0.15) is 53.9 Å². The highest BCUT2D eigenvalue weighted by atomic mass is 16.6. The summed E-state index contributed by atoms with van der Waals surface area (Å²) in [5, 5.41) is 13.2. The number of nitrogens with zero attached hydrogens (tertiary/aromatic N) is 1. The minimum atomic E-state index is -1.18. The zero-order chi connectivity index (χ0) is 17.0. The molecule has 1 aliphatic heterocycles. The quantitative estimate of drug-likeness (QED) is 0.815. The number of hydrogen-bond donors (Lipinski definition) is 2. The van der Waals surface area contributed by atoms with Crippen LogP contribution in [-0.2, 0) is 9.53 Å². The van der Waals surface area contributed by atoms with Crippen molar-refractivity contribution in [2.24, 2.45) is 5.92 Å². The van der Waals surface area contributed by atoms with Gasteiger partial charge in [-0.1, -0.05) is 13.8 Å². The highest BCUT2D eigenvalue weighted by Crippen LogP contribution is 2.35. The summed E-state index contributed by atoms with van der Waals surface area (Å²) < 4.78 is 5.48. The SMILES string of the molecule is CCCN(C(=O)OC(C)(C)C)C1(C(=O)O)CCNCC1CC. The number of hydrogen-bond acceptors (Lipinski definition) is 4. The fourth-order valence-corrected chi connectivity index (χ4v) is 3.16. The van der Waals surface area contributed by atoms with Gasteiger partial charge in [0, 0.05) is 19.0 Å². The van der Waals surface area contributed by atoms with Gasteiger partial charge in [0.25, 0.3) is 0 Å². The molecule has 1 fully saturated rings. The molecule has 2 N–H and O–H groups in total. The molecule has 2 unspecified atom stereocenters. The lowest BCUT2D eigenvalue weighted by Crippen LogP contribution is -2.66. The third kappa shape index (κ3) is 3.91. The lowest BCUT2D eigenvalue weighted by atomic mass is 9.75. The summed E-state index contributed by atoms with van der Waals surface area (Å²) in [6, 6.07) is 0. The van der Waals surface area contributed by atoms with Crippen LogP contribution in [0.15, 0.2) is 0 Å². The third-order valence-electron chi connectivity index (χ3n) is 4.15. The minimum Gasteiger partial charge on any atom is -0.479 e. The highest BCUT2D eigenvalue weighted by Gasteiger charge is 2.53. The van der Waals surface area contributed by atoms with Crippen molar-refractivity contribution < 1.29 is 19.4 Å². The van der Waals surface area contributed by atoms with Crippen LogP contribution in [0, 0.1) is 5.92 Å². The van der Waals surface area contributed by atoms with E-state index in [1.165, 1.54) is 4.90 Å². The van der Waals surface area contributed by atoms with Crippen LogP contribution in [0.4, 0.5) is 4.79 Å². The highest BCUT2D eigenvalue weighted by molar-refractivity contribution is 5.85. The Morgan fingerprint density at radius 3 is 2.45 bits per heavy atom. The summed E-state index contributed by atoms with van der Waals surface area (Å²) in [5.74, 6) is -1.06. The molecule has 0 saturated carbocycles. The molecule has 0 aliphatic carbocycles. The molecule has 0 aromatic heterocycles. The molecule has 0 radical (unpaired) electrons. The zero-order valence-electron chi connectivity index (χ0n) is 14.4. The first kappa shape index (κ1) is 18.7. The van der Waals surface area contributed by atoms with Gasteiger partial charge in [-0.25, -0.2) is 9.59 Å². The molecule has 1 heterocycles. The Morgan fingerprint density at radius 2 is 2.00 bits per heavy atom. The number of amides is 1. The average Bonchev–Trinajstić information content (AvgIpc) is 2.42. The summed E-state index contributed by atoms with van der Waals surface area (Å²) in [4.78, 5) is 26.2. The van der Waals surface area contributed by atoms with E-state index in [1.807, 2.05) is 13.8 Å². The molecule has 1 amide bonds. The molecule has 0 aromatic carbocycles. The maximum Gasteiger partial charge on any atom is 0.411 e. The standard InChI is InChI=1S/C16H30N2O4/c1-6-10-18(14(21)22-15(3,4)5)16(13(19)20)8-9-17-11-12(16)7-2/h12,17H,6-11H2,1-5H3,(H,19,20). The molecule has 1 aliphatic rings. The van der Waals surface area contributed by atoms with Gasteiger partial charge in [0.2, 0.25) is 0 Å². The number of carboxylic acids is 1. The number of rotatable bonds is 5. The lowest BCUT2D eigenvalue weighted by Gasteiger charge is -2.48. The van der Waals surface area contributed by atoms with Crippen LogP contribution in [0.2, 0.25) is 0 Å². The van der Waals surface area contributed by atoms with Crippen molar-refractivity contribution in [3.8, 4) is 0 Å². The first-order valence-electron chi connectivity index (χ1n) is 8.13. The van der Waals surface area contributed by atoms with Gasteiger partial charge in [-0.05, 0) is 46.6 Å². The normalized spacial score (nSPS) is 25.6. The molecule has 0 aromatic rings. The Bertz CT molecular complexity index is 405. The van der Waals surface area contributed by atoms with Crippen molar-refractivity contribution in [2.45, 2.75) is 65.0 Å². The molecular weight excluding hydrogens is 284 g/mol. The summed E-state index contributed by atoms with van der Waals surface area (Å²) in [6.07, 6.45) is 1.26. The number of carbonyl (C=O) groups excluding carboxylic acids is 1. The number of piperidine rings is 1. The van der Waals surface area contributed by atoms with Gasteiger partial charge in [0.1, 0.15) is 11.1 Å². The number of ether oxygens (including phenoxy) is 1. The van der Waals surface area contributed by atoms with E-state index in [9.17, 15) is 14.7 Å². The fraction of sp³-hybridized carbons (Fsp3) is 0.875. The fourth-order valence-electron chi connectivity index (χ4n) is 3.16. The minimum absolute atomic E-state index is 0.127. The third-order valence-corrected chi connectivity index (χ3v) is 4.15. The van der Waals surface area contributed by atoms with Gasteiger partial charge in [0.15, 0.2) is 0 Å². The van der Waals surface area contributed by atoms with Crippen molar-refractivity contribution in [3.63, 3.8) is 0 Å². The number of carboxylic acid groups (broad SMARTS) is 1. The van der Waals surface area contributed by atoms with E-state index in [-0.39, 0.29) is 5.92 Å². The maximum atomic E-state index is 12.6. The Hall–Kier alpha value is -1.30. The second-order valence-corrected chi connectivity index (χ2v) is 6.92. The van der Waals surface area contributed by atoms with Gasteiger partial charge in [-0.2, -0.15) is 0 Å². The lowest BCUT2D eigenvalue weighted by molar-refractivity contribution is -0.158. The predicted molar refractivity (Wildman–Crippen MR) is 84.9 cm³/mol. The summed E-state index contributed by atoms with van der Waals surface area (Å²) in [7, 11) is 0. The van der Waals surface area contributed by atoms with Crippen LogP contribution < -0.4 is 5.32 Å². The second kappa shape index (κ2) is 7.31. The zero-order valence-corrected chi connectivity index (χ0v) is 14.4. The molecular formula is C16H30N2O4. The van der Waals surface area contributed by atoms with E-state index in [4.69, 9.17) is 4.74 Å². The van der Waals surface area contributed by atoms with Crippen LogP contribution in [0.3, 0.4) is 0 Å². The van der Waals surface area contributed by atoms with E-state index in [1.54, 1.807) is 20.8 Å². The first-order chi connectivity index (χ1) is 10.2. The first-order valence-corrected chi connectivity index (χ1v) is 8.13. The van der Waals surface area contributed by atoms with Crippen molar-refractivity contribution in [1.82, 2.24) is 10.2 Å². The summed E-state index contributed by atoms with van der Waals surface area (Å²) in [6.45, 7) is 10.9.